The number of thioether (sulfide) groups is 1. The molecule has 2 aromatic heterocycles. The molecule has 196 valence electrons. The predicted octanol–water partition coefficient (Wildman–Crippen LogP) is 5.91. The fourth-order valence-corrected chi connectivity index (χ4v) is 5.43. The zero-order valence-corrected chi connectivity index (χ0v) is 22.4. The summed E-state index contributed by atoms with van der Waals surface area (Å²) < 4.78 is 25.9. The summed E-state index contributed by atoms with van der Waals surface area (Å²) in [6, 6.07) is 13.3. The number of thiophene rings is 1. The summed E-state index contributed by atoms with van der Waals surface area (Å²) in [5.74, 6) is -0.0109. The summed E-state index contributed by atoms with van der Waals surface area (Å²) in [6.45, 7) is 6.68. The first-order valence-corrected chi connectivity index (χ1v) is 13.5. The molecule has 11 heteroatoms. The predicted molar refractivity (Wildman–Crippen MR) is 147 cm³/mol. The second-order valence-electron chi connectivity index (χ2n) is 7.82. The molecule has 0 aliphatic rings. The van der Waals surface area contributed by atoms with Crippen molar-refractivity contribution in [1.29, 1.82) is 0 Å². The Morgan fingerprint density at radius 2 is 1.92 bits per heavy atom. The lowest BCUT2D eigenvalue weighted by atomic mass is 10.0. The third-order valence-corrected chi connectivity index (χ3v) is 7.24. The lowest BCUT2D eigenvalue weighted by Crippen LogP contribution is -2.16. The summed E-state index contributed by atoms with van der Waals surface area (Å²) in [4.78, 5) is 25.5. The minimum absolute atomic E-state index is 0.0206. The SMILES string of the molecule is C=CCn1c(SCC(=O)Nc2scc(-c3ccc(F)cc3)c2C(=O)OC)nnc1-c1ccccc1OCC. The Morgan fingerprint density at radius 1 is 1.16 bits per heavy atom. The molecular formula is C27H25FN4O4S2. The van der Waals surface area contributed by atoms with E-state index in [-0.39, 0.29) is 23.0 Å². The Kier molecular flexibility index (Phi) is 8.93. The Morgan fingerprint density at radius 3 is 2.63 bits per heavy atom. The minimum atomic E-state index is -0.600. The molecule has 0 aliphatic heterocycles. The van der Waals surface area contributed by atoms with Crippen molar-refractivity contribution >= 4 is 40.0 Å². The second-order valence-corrected chi connectivity index (χ2v) is 9.65. The van der Waals surface area contributed by atoms with Gasteiger partial charge < -0.3 is 14.8 Å². The van der Waals surface area contributed by atoms with Crippen LogP contribution in [0.3, 0.4) is 0 Å². The number of anilines is 1. The Bertz CT molecular complexity index is 1450. The number of amides is 1. The van der Waals surface area contributed by atoms with Crippen LogP contribution in [-0.2, 0) is 16.1 Å². The van der Waals surface area contributed by atoms with Gasteiger partial charge in [-0.3, -0.25) is 9.36 Å². The van der Waals surface area contributed by atoms with Gasteiger partial charge in [-0.05, 0) is 36.8 Å². The normalized spacial score (nSPS) is 10.7. The van der Waals surface area contributed by atoms with Crippen LogP contribution in [-0.4, -0.2) is 46.1 Å². The van der Waals surface area contributed by atoms with Crippen molar-refractivity contribution in [2.45, 2.75) is 18.6 Å². The number of allylic oxidation sites excluding steroid dienone is 1. The van der Waals surface area contributed by atoms with Gasteiger partial charge in [0.25, 0.3) is 0 Å². The van der Waals surface area contributed by atoms with Crippen molar-refractivity contribution in [2.75, 3.05) is 24.8 Å². The fraction of sp³-hybridized carbons (Fsp3) is 0.185. The summed E-state index contributed by atoms with van der Waals surface area (Å²) >= 11 is 2.40. The summed E-state index contributed by atoms with van der Waals surface area (Å²) in [5, 5.41) is 14.0. The van der Waals surface area contributed by atoms with Crippen LogP contribution in [0.1, 0.15) is 17.3 Å². The molecule has 38 heavy (non-hydrogen) atoms. The number of ether oxygens (including phenoxy) is 2. The van der Waals surface area contributed by atoms with Gasteiger partial charge in [0.2, 0.25) is 5.91 Å². The maximum absolute atomic E-state index is 13.4. The Balaban J connectivity index is 1.53. The van der Waals surface area contributed by atoms with E-state index >= 15 is 0 Å². The van der Waals surface area contributed by atoms with Crippen molar-refractivity contribution in [2.24, 2.45) is 0 Å². The number of rotatable bonds is 11. The average Bonchev–Trinajstić information content (AvgIpc) is 3.52. The third kappa shape index (κ3) is 5.95. The van der Waals surface area contributed by atoms with E-state index in [9.17, 15) is 14.0 Å². The first kappa shape index (κ1) is 27.1. The number of nitrogens with zero attached hydrogens (tertiary/aromatic N) is 3. The summed E-state index contributed by atoms with van der Waals surface area (Å²) in [5.41, 5.74) is 2.19. The number of hydrogen-bond donors (Lipinski definition) is 1. The molecule has 0 unspecified atom stereocenters. The van der Waals surface area contributed by atoms with Crippen molar-refractivity contribution in [3.63, 3.8) is 0 Å². The first-order chi connectivity index (χ1) is 18.5. The molecule has 2 heterocycles. The quantitative estimate of drug-likeness (QED) is 0.140. The highest BCUT2D eigenvalue weighted by molar-refractivity contribution is 7.99. The Labute approximate surface area is 227 Å². The number of nitrogens with one attached hydrogen (secondary N) is 1. The van der Waals surface area contributed by atoms with E-state index in [1.165, 1.54) is 42.3 Å². The van der Waals surface area contributed by atoms with Gasteiger partial charge in [-0.1, -0.05) is 42.1 Å². The number of carbonyl (C=O) groups excluding carboxylic acids is 2. The number of halogens is 1. The highest BCUT2D eigenvalue weighted by Crippen LogP contribution is 2.37. The molecule has 0 radical (unpaired) electrons. The van der Waals surface area contributed by atoms with Gasteiger partial charge in [0.15, 0.2) is 11.0 Å². The van der Waals surface area contributed by atoms with Crippen LogP contribution < -0.4 is 10.1 Å². The van der Waals surface area contributed by atoms with Crippen LogP contribution >= 0.6 is 23.1 Å². The number of methoxy groups -OCH3 is 1. The van der Waals surface area contributed by atoms with Gasteiger partial charge in [-0.15, -0.1) is 28.1 Å². The molecule has 8 nitrogen and oxygen atoms in total. The average molecular weight is 553 g/mol. The topological polar surface area (TPSA) is 95.3 Å². The van der Waals surface area contributed by atoms with E-state index in [0.717, 1.165) is 5.56 Å². The highest BCUT2D eigenvalue weighted by Gasteiger charge is 2.23. The molecule has 0 fully saturated rings. The van der Waals surface area contributed by atoms with Crippen LogP contribution in [0.2, 0.25) is 0 Å². The molecule has 1 amide bonds. The number of carbonyl (C=O) groups is 2. The van der Waals surface area contributed by atoms with E-state index in [1.54, 1.807) is 23.6 Å². The zero-order chi connectivity index (χ0) is 27.1. The van der Waals surface area contributed by atoms with Crippen molar-refractivity contribution in [3.8, 4) is 28.3 Å². The van der Waals surface area contributed by atoms with Gasteiger partial charge >= 0.3 is 5.97 Å². The number of para-hydroxylation sites is 1. The molecule has 4 aromatic rings. The molecule has 0 saturated carbocycles. The van der Waals surface area contributed by atoms with Crippen LogP contribution in [0.15, 0.2) is 71.7 Å². The third-order valence-electron chi connectivity index (χ3n) is 5.38. The van der Waals surface area contributed by atoms with Crippen LogP contribution in [0, 0.1) is 5.82 Å². The number of hydrogen-bond acceptors (Lipinski definition) is 8. The molecule has 0 spiro atoms. The van der Waals surface area contributed by atoms with E-state index < -0.39 is 5.97 Å². The van der Waals surface area contributed by atoms with Crippen LogP contribution in [0.4, 0.5) is 9.39 Å². The standard InChI is InChI=1S/C27H25FN4O4S2/c1-4-14-32-24(19-8-6-7-9-21(19)36-5-2)30-31-27(32)38-16-22(33)29-25-23(26(34)35-3)20(15-37-25)17-10-12-18(28)13-11-17/h4,6-13,15H,1,5,14,16H2,2-3H3,(H,29,33). The number of aromatic nitrogens is 3. The zero-order valence-electron chi connectivity index (χ0n) is 20.8. The van der Waals surface area contributed by atoms with E-state index in [1.807, 2.05) is 35.8 Å². The second kappa shape index (κ2) is 12.5. The lowest BCUT2D eigenvalue weighted by Gasteiger charge is -2.11. The van der Waals surface area contributed by atoms with Gasteiger partial charge in [-0.2, -0.15) is 0 Å². The molecule has 1 N–H and O–H groups in total. The largest absolute Gasteiger partial charge is 0.493 e. The van der Waals surface area contributed by atoms with E-state index in [2.05, 4.69) is 22.1 Å². The first-order valence-electron chi connectivity index (χ1n) is 11.6. The van der Waals surface area contributed by atoms with E-state index in [4.69, 9.17) is 9.47 Å². The number of esters is 1. The molecule has 2 aromatic carbocycles. The van der Waals surface area contributed by atoms with Crippen LogP contribution in [0.25, 0.3) is 22.5 Å². The monoisotopic (exact) mass is 552 g/mol. The van der Waals surface area contributed by atoms with Crippen molar-refractivity contribution in [3.05, 3.63) is 77.9 Å². The molecule has 0 saturated heterocycles. The van der Waals surface area contributed by atoms with E-state index in [0.29, 0.717) is 46.0 Å². The van der Waals surface area contributed by atoms with Crippen molar-refractivity contribution < 1.29 is 23.5 Å². The van der Waals surface area contributed by atoms with Crippen LogP contribution in [0.5, 0.6) is 5.75 Å². The van der Waals surface area contributed by atoms with Crippen molar-refractivity contribution in [1.82, 2.24) is 14.8 Å². The summed E-state index contributed by atoms with van der Waals surface area (Å²) in [6.07, 6.45) is 1.73. The van der Waals surface area contributed by atoms with Gasteiger partial charge in [-0.25, -0.2) is 9.18 Å². The smallest absolute Gasteiger partial charge is 0.341 e. The molecule has 0 aliphatic carbocycles. The minimum Gasteiger partial charge on any atom is -0.493 e. The maximum Gasteiger partial charge on any atom is 0.341 e. The van der Waals surface area contributed by atoms with Gasteiger partial charge in [0.1, 0.15) is 22.1 Å². The lowest BCUT2D eigenvalue weighted by molar-refractivity contribution is -0.113. The van der Waals surface area contributed by atoms with Gasteiger partial charge in [0, 0.05) is 17.5 Å². The molecular weight excluding hydrogens is 527 g/mol. The maximum atomic E-state index is 13.4. The number of benzene rings is 2. The Hall–Kier alpha value is -3.96. The summed E-state index contributed by atoms with van der Waals surface area (Å²) in [7, 11) is 1.27. The molecule has 0 bridgehead atoms. The molecule has 0 atom stereocenters. The highest BCUT2D eigenvalue weighted by atomic mass is 32.2. The van der Waals surface area contributed by atoms with Gasteiger partial charge in [0.05, 0.1) is 25.0 Å². The molecule has 4 rings (SSSR count). The fourth-order valence-electron chi connectivity index (χ4n) is 3.71.